The molecule has 3 rings (SSSR count). The van der Waals surface area contributed by atoms with Crippen LogP contribution in [0, 0.1) is 12.8 Å². The number of carbonyl (C=O) groups excluding carboxylic acids is 1. The van der Waals surface area contributed by atoms with Gasteiger partial charge >= 0.3 is 0 Å². The van der Waals surface area contributed by atoms with E-state index in [4.69, 9.17) is 9.15 Å². The Hall–Kier alpha value is -2.75. The van der Waals surface area contributed by atoms with E-state index >= 15 is 0 Å². The highest BCUT2D eigenvalue weighted by Crippen LogP contribution is 2.35. The fourth-order valence-corrected chi connectivity index (χ4v) is 2.90. The van der Waals surface area contributed by atoms with E-state index in [9.17, 15) is 4.79 Å². The minimum Gasteiger partial charge on any atom is -0.497 e. The smallest absolute Gasteiger partial charge is 0.255 e. The van der Waals surface area contributed by atoms with E-state index in [-0.39, 0.29) is 5.91 Å². The lowest BCUT2D eigenvalue weighted by Gasteiger charge is -2.08. The Balaban J connectivity index is 2.03. The second-order valence-corrected chi connectivity index (χ2v) is 6.62. The monoisotopic (exact) mass is 337 g/mol. The molecule has 4 heteroatoms. The minimum atomic E-state index is -0.105. The number of ether oxygens (including phenoxy) is 1. The highest BCUT2D eigenvalue weighted by Gasteiger charge is 2.17. The molecule has 0 atom stereocenters. The van der Waals surface area contributed by atoms with E-state index in [1.165, 1.54) is 0 Å². The molecule has 130 valence electrons. The third kappa shape index (κ3) is 3.38. The van der Waals surface area contributed by atoms with E-state index in [0.29, 0.717) is 23.6 Å². The zero-order valence-corrected chi connectivity index (χ0v) is 15.1. The van der Waals surface area contributed by atoms with Crippen molar-refractivity contribution in [3.8, 4) is 16.9 Å². The maximum atomic E-state index is 12.5. The summed E-state index contributed by atoms with van der Waals surface area (Å²) in [4.78, 5) is 12.5. The van der Waals surface area contributed by atoms with Crippen LogP contribution in [0.1, 0.15) is 29.8 Å². The molecule has 0 aliphatic rings. The van der Waals surface area contributed by atoms with Crippen LogP contribution in [0.3, 0.4) is 0 Å². The number of methoxy groups -OCH3 is 1. The van der Waals surface area contributed by atoms with Crippen molar-refractivity contribution < 1.29 is 13.9 Å². The number of fused-ring (bicyclic) bond motifs is 1. The highest BCUT2D eigenvalue weighted by atomic mass is 16.5. The fourth-order valence-electron chi connectivity index (χ4n) is 2.90. The van der Waals surface area contributed by atoms with Crippen LogP contribution in [0.2, 0.25) is 0 Å². The Kier molecular flexibility index (Phi) is 4.79. The van der Waals surface area contributed by atoms with Crippen molar-refractivity contribution in [1.82, 2.24) is 5.32 Å². The van der Waals surface area contributed by atoms with Crippen molar-refractivity contribution >= 4 is 16.9 Å². The first kappa shape index (κ1) is 17.1. The third-order valence-electron chi connectivity index (χ3n) is 4.24. The predicted molar refractivity (Wildman–Crippen MR) is 100 cm³/mol. The van der Waals surface area contributed by atoms with Crippen molar-refractivity contribution in [2.75, 3.05) is 13.7 Å². The number of furan rings is 1. The summed E-state index contributed by atoms with van der Waals surface area (Å²) in [7, 11) is 1.66. The van der Waals surface area contributed by atoms with Gasteiger partial charge in [0.15, 0.2) is 0 Å². The number of hydrogen-bond donors (Lipinski definition) is 1. The fraction of sp³-hybridized carbons (Fsp3) is 0.286. The number of hydrogen-bond acceptors (Lipinski definition) is 3. The second-order valence-electron chi connectivity index (χ2n) is 6.62. The van der Waals surface area contributed by atoms with Crippen molar-refractivity contribution in [2.45, 2.75) is 20.8 Å². The van der Waals surface area contributed by atoms with E-state index < -0.39 is 0 Å². The third-order valence-corrected chi connectivity index (χ3v) is 4.24. The molecular weight excluding hydrogens is 314 g/mol. The van der Waals surface area contributed by atoms with E-state index in [0.717, 1.165) is 27.8 Å². The Morgan fingerprint density at radius 1 is 1.20 bits per heavy atom. The largest absolute Gasteiger partial charge is 0.497 e. The standard InChI is InChI=1S/C21H23NO3/c1-13(2)11-22-21(23)18-7-5-6-17-19(12-25-20(17)18)16-9-8-15(24-4)10-14(16)3/h5-10,12-13H,11H2,1-4H3,(H,22,23). The molecule has 1 heterocycles. The van der Waals surface area contributed by atoms with Gasteiger partial charge in [-0.1, -0.05) is 32.0 Å². The van der Waals surface area contributed by atoms with Crippen molar-refractivity contribution in [2.24, 2.45) is 5.92 Å². The molecule has 0 fully saturated rings. The molecule has 2 aromatic carbocycles. The Bertz CT molecular complexity index is 909. The van der Waals surface area contributed by atoms with Gasteiger partial charge in [0.2, 0.25) is 0 Å². The molecule has 1 amide bonds. The first-order chi connectivity index (χ1) is 12.0. The molecule has 3 aromatic rings. The molecule has 0 spiro atoms. The zero-order chi connectivity index (χ0) is 18.0. The second kappa shape index (κ2) is 7.01. The lowest BCUT2D eigenvalue weighted by atomic mass is 9.98. The van der Waals surface area contributed by atoms with E-state index in [1.54, 1.807) is 19.4 Å². The van der Waals surface area contributed by atoms with Crippen molar-refractivity contribution in [3.63, 3.8) is 0 Å². The number of aryl methyl sites for hydroxylation is 1. The minimum absolute atomic E-state index is 0.105. The van der Waals surface area contributed by atoms with Crippen LogP contribution in [0.15, 0.2) is 47.1 Å². The van der Waals surface area contributed by atoms with Crippen LogP contribution in [-0.2, 0) is 0 Å². The quantitative estimate of drug-likeness (QED) is 0.727. The summed E-state index contributed by atoms with van der Waals surface area (Å²) in [5.74, 6) is 1.12. The van der Waals surface area contributed by atoms with E-state index in [2.05, 4.69) is 19.2 Å². The van der Waals surface area contributed by atoms with Crippen molar-refractivity contribution in [1.29, 1.82) is 0 Å². The van der Waals surface area contributed by atoms with Crippen LogP contribution >= 0.6 is 0 Å². The molecule has 0 bridgehead atoms. The molecule has 0 aliphatic carbocycles. The number of nitrogens with one attached hydrogen (secondary N) is 1. The highest BCUT2D eigenvalue weighted by molar-refractivity contribution is 6.08. The summed E-state index contributed by atoms with van der Waals surface area (Å²) in [5, 5.41) is 3.89. The number of carbonyl (C=O) groups is 1. The number of benzene rings is 2. The number of rotatable bonds is 5. The van der Waals surface area contributed by atoms with Gasteiger partial charge in [-0.25, -0.2) is 0 Å². The van der Waals surface area contributed by atoms with Crippen LogP contribution < -0.4 is 10.1 Å². The van der Waals surface area contributed by atoms with Gasteiger partial charge in [0.1, 0.15) is 11.3 Å². The average molecular weight is 337 g/mol. The summed E-state index contributed by atoms with van der Waals surface area (Å²) >= 11 is 0. The molecule has 4 nitrogen and oxygen atoms in total. The van der Waals surface area contributed by atoms with Gasteiger partial charge in [-0.2, -0.15) is 0 Å². The zero-order valence-electron chi connectivity index (χ0n) is 15.1. The van der Waals surface area contributed by atoms with Crippen LogP contribution in [0.5, 0.6) is 5.75 Å². The molecule has 1 aromatic heterocycles. The van der Waals surface area contributed by atoms with Gasteiger partial charge < -0.3 is 14.5 Å². The van der Waals surface area contributed by atoms with Crippen LogP contribution in [0.4, 0.5) is 0 Å². The first-order valence-electron chi connectivity index (χ1n) is 8.44. The van der Waals surface area contributed by atoms with Gasteiger partial charge in [-0.15, -0.1) is 0 Å². The van der Waals surface area contributed by atoms with E-state index in [1.807, 2.05) is 37.3 Å². The SMILES string of the molecule is COc1ccc(-c2coc3c(C(=O)NCC(C)C)cccc23)c(C)c1. The lowest BCUT2D eigenvalue weighted by Crippen LogP contribution is -2.27. The molecular formula is C21H23NO3. The topological polar surface area (TPSA) is 51.5 Å². The first-order valence-corrected chi connectivity index (χ1v) is 8.44. The maximum Gasteiger partial charge on any atom is 0.255 e. The van der Waals surface area contributed by atoms with Crippen molar-refractivity contribution in [3.05, 3.63) is 53.8 Å². The van der Waals surface area contributed by atoms with Crippen LogP contribution in [0.25, 0.3) is 22.1 Å². The molecule has 25 heavy (non-hydrogen) atoms. The number of para-hydroxylation sites is 1. The summed E-state index contributed by atoms with van der Waals surface area (Å²) in [6.07, 6.45) is 1.72. The molecule has 0 saturated carbocycles. The van der Waals surface area contributed by atoms with Gasteiger partial charge in [-0.3, -0.25) is 4.79 Å². The Morgan fingerprint density at radius 3 is 2.68 bits per heavy atom. The summed E-state index contributed by atoms with van der Waals surface area (Å²) < 4.78 is 11.1. The molecule has 0 radical (unpaired) electrons. The summed E-state index contributed by atoms with van der Waals surface area (Å²) in [5.41, 5.74) is 4.33. The predicted octanol–water partition coefficient (Wildman–Crippen LogP) is 4.80. The van der Waals surface area contributed by atoms with Gasteiger partial charge in [0.05, 0.1) is 18.9 Å². The summed E-state index contributed by atoms with van der Waals surface area (Å²) in [6, 6.07) is 11.6. The normalized spacial score (nSPS) is 11.1. The lowest BCUT2D eigenvalue weighted by molar-refractivity contribution is 0.0949. The Labute approximate surface area is 147 Å². The molecule has 0 saturated heterocycles. The average Bonchev–Trinajstić information content (AvgIpc) is 3.03. The van der Waals surface area contributed by atoms with Gasteiger partial charge in [0, 0.05) is 17.5 Å². The van der Waals surface area contributed by atoms with Gasteiger partial charge in [-0.05, 0) is 42.2 Å². The number of amides is 1. The maximum absolute atomic E-state index is 12.5. The Morgan fingerprint density at radius 2 is 2.00 bits per heavy atom. The molecule has 0 aliphatic heterocycles. The van der Waals surface area contributed by atoms with Crippen LogP contribution in [-0.4, -0.2) is 19.6 Å². The van der Waals surface area contributed by atoms with Gasteiger partial charge in [0.25, 0.3) is 5.91 Å². The molecule has 0 unspecified atom stereocenters. The molecule has 1 N–H and O–H groups in total. The summed E-state index contributed by atoms with van der Waals surface area (Å²) in [6.45, 7) is 6.81.